The van der Waals surface area contributed by atoms with Crippen LogP contribution in [0, 0.1) is 11.7 Å². The van der Waals surface area contributed by atoms with E-state index in [-0.39, 0.29) is 17.5 Å². The lowest BCUT2D eigenvalue weighted by molar-refractivity contribution is -0.145. The number of esters is 1. The Balaban J connectivity index is 2.65. The highest BCUT2D eigenvalue weighted by Crippen LogP contribution is 2.52. The number of aliphatic imine (C=N–C) groups is 1. The van der Waals surface area contributed by atoms with E-state index in [1.807, 2.05) is 6.92 Å². The summed E-state index contributed by atoms with van der Waals surface area (Å²) in [4.78, 5) is 32.7. The Hall–Kier alpha value is -2.11. The Morgan fingerprint density at radius 2 is 1.86 bits per heavy atom. The van der Waals surface area contributed by atoms with Crippen LogP contribution in [0.3, 0.4) is 0 Å². The average molecular weight is 556 g/mol. The number of nitrogen functional groups attached to an aromatic ring is 1. The highest BCUT2D eigenvalue weighted by atomic mass is 32.2. The molecule has 0 bridgehead atoms. The highest BCUT2D eigenvalue weighted by molar-refractivity contribution is 8.15. The Morgan fingerprint density at radius 3 is 2.41 bits per heavy atom. The van der Waals surface area contributed by atoms with E-state index in [1.54, 1.807) is 34.6 Å². The molecule has 8 nitrogen and oxygen atoms in total. The molecule has 2 N–H and O–H groups in total. The Morgan fingerprint density at radius 1 is 1.24 bits per heavy atom. The van der Waals surface area contributed by atoms with Crippen molar-refractivity contribution in [1.29, 1.82) is 0 Å². The largest absolute Gasteiger partial charge is 0.468 e. The number of hydrogen-bond donors (Lipinski definition) is 1. The minimum atomic E-state index is -1.37. The molecule has 1 amide bonds. The van der Waals surface area contributed by atoms with Gasteiger partial charge in [0, 0.05) is 31.8 Å². The van der Waals surface area contributed by atoms with E-state index in [0.29, 0.717) is 12.3 Å². The van der Waals surface area contributed by atoms with Crippen LogP contribution in [0.2, 0.25) is 25.7 Å². The first-order valence-corrected chi connectivity index (χ1v) is 16.9. The lowest BCUT2D eigenvalue weighted by atomic mass is 9.73. The van der Waals surface area contributed by atoms with Gasteiger partial charge in [-0.1, -0.05) is 38.3 Å². The fourth-order valence-corrected chi connectivity index (χ4v) is 6.11. The van der Waals surface area contributed by atoms with E-state index in [9.17, 15) is 9.59 Å². The number of thioether (sulfide) groups is 1. The summed E-state index contributed by atoms with van der Waals surface area (Å²) >= 11 is 1.08. The molecule has 2 rings (SSSR count). The molecule has 37 heavy (non-hydrogen) atoms. The summed E-state index contributed by atoms with van der Waals surface area (Å²) in [5.41, 5.74) is 4.54. The van der Waals surface area contributed by atoms with E-state index >= 15 is 4.39 Å². The van der Waals surface area contributed by atoms with Crippen molar-refractivity contribution < 1.29 is 28.2 Å². The molecule has 0 unspecified atom stereocenters. The van der Waals surface area contributed by atoms with Crippen molar-refractivity contribution in [2.75, 3.05) is 26.2 Å². The Kier molecular flexibility index (Phi) is 9.52. The zero-order valence-corrected chi connectivity index (χ0v) is 25.5. The summed E-state index contributed by atoms with van der Waals surface area (Å²) in [6.07, 6.45) is -0.677. The van der Waals surface area contributed by atoms with Gasteiger partial charge in [0.25, 0.3) is 0 Å². The van der Waals surface area contributed by atoms with Gasteiger partial charge in [0.2, 0.25) is 0 Å². The third-order valence-corrected chi connectivity index (χ3v) is 9.63. The third kappa shape index (κ3) is 7.48. The van der Waals surface area contributed by atoms with Crippen LogP contribution in [0.15, 0.2) is 23.2 Å². The molecule has 1 aromatic rings. The Labute approximate surface area is 225 Å². The average Bonchev–Trinajstić information content (AvgIpc) is 2.76. The molecule has 0 aliphatic carbocycles. The van der Waals surface area contributed by atoms with Gasteiger partial charge in [-0.2, -0.15) is 0 Å². The molecule has 1 aliphatic heterocycles. The number of rotatable bonds is 7. The third-order valence-electron chi connectivity index (χ3n) is 6.49. The molecule has 0 saturated carbocycles. The predicted octanol–water partition coefficient (Wildman–Crippen LogP) is 5.84. The van der Waals surface area contributed by atoms with Crippen LogP contribution in [0.5, 0.6) is 0 Å². The van der Waals surface area contributed by atoms with Crippen LogP contribution >= 0.6 is 11.8 Å². The molecule has 0 fully saturated rings. The number of hydrogen-bond acceptors (Lipinski definition) is 8. The molecular weight excluding hydrogens is 513 g/mol. The van der Waals surface area contributed by atoms with E-state index in [4.69, 9.17) is 24.9 Å². The molecule has 0 radical (unpaired) electrons. The normalized spacial score (nSPS) is 24.3. The van der Waals surface area contributed by atoms with Crippen LogP contribution in [-0.2, 0) is 24.5 Å². The fourth-order valence-electron chi connectivity index (χ4n) is 3.93. The first kappa shape index (κ1) is 31.1. The number of methoxy groups -OCH3 is 1. The van der Waals surface area contributed by atoms with E-state index in [2.05, 4.69) is 19.6 Å². The first-order valence-electron chi connectivity index (χ1n) is 12.3. The van der Waals surface area contributed by atoms with Crippen LogP contribution in [0.1, 0.15) is 47.1 Å². The maximum atomic E-state index is 15.2. The van der Waals surface area contributed by atoms with Crippen LogP contribution < -0.4 is 5.73 Å². The van der Waals surface area contributed by atoms with Gasteiger partial charge < -0.3 is 19.9 Å². The fraction of sp³-hybridized carbons (Fsp3) is 0.654. The molecule has 11 heteroatoms. The Bertz CT molecular complexity index is 1040. The van der Waals surface area contributed by atoms with Gasteiger partial charge in [0.05, 0.1) is 12.6 Å². The number of benzene rings is 1. The van der Waals surface area contributed by atoms with Crippen LogP contribution in [0.4, 0.5) is 14.9 Å². The number of halogens is 1. The molecule has 0 saturated heterocycles. The molecule has 0 spiro atoms. The zero-order valence-electron chi connectivity index (χ0n) is 23.7. The smallest absolute Gasteiger partial charge is 0.418 e. The second-order valence-electron chi connectivity index (χ2n) is 12.0. The summed E-state index contributed by atoms with van der Waals surface area (Å²) in [5.74, 6) is -1.57. The molecule has 0 aromatic heterocycles. The minimum Gasteiger partial charge on any atom is -0.468 e. The van der Waals surface area contributed by atoms with E-state index < -0.39 is 47.8 Å². The lowest BCUT2D eigenvalue weighted by Crippen LogP contribution is -2.55. The van der Waals surface area contributed by atoms with Crippen LogP contribution in [-0.4, -0.2) is 61.0 Å². The quantitative estimate of drug-likeness (QED) is 0.148. The number of anilines is 1. The molecule has 1 heterocycles. The molecule has 3 atom stereocenters. The lowest BCUT2D eigenvalue weighted by Gasteiger charge is -2.47. The summed E-state index contributed by atoms with van der Waals surface area (Å²) in [6.45, 7) is 17.6. The van der Waals surface area contributed by atoms with Crippen molar-refractivity contribution in [1.82, 2.24) is 4.90 Å². The van der Waals surface area contributed by atoms with Crippen molar-refractivity contribution >= 4 is 42.8 Å². The summed E-state index contributed by atoms with van der Waals surface area (Å²) in [6, 6.07) is 5.16. The summed E-state index contributed by atoms with van der Waals surface area (Å²) in [5, 5.41) is 0.178. The van der Waals surface area contributed by atoms with Crippen molar-refractivity contribution in [3.05, 3.63) is 29.6 Å². The maximum absolute atomic E-state index is 15.2. The van der Waals surface area contributed by atoms with Crippen molar-refractivity contribution in [3.63, 3.8) is 0 Å². The number of amidine groups is 1. The summed E-state index contributed by atoms with van der Waals surface area (Å²) in [7, 11) is -0.0734. The van der Waals surface area contributed by atoms with Gasteiger partial charge in [-0.15, -0.1) is 0 Å². The standard InChI is InChI=1S/C26H42FN3O5SSi/c1-17-25(5,19-15-18(28)11-12-20(19)27)29-22(36-26(17,6)21(31)33-7)30(23(32)35-24(2,3)4)16-34-13-14-37(8,9)10/h11-12,15,17H,13-14,16,28H2,1-10H3/t17-,25-,26-/m0/s1. The number of ether oxygens (including phenoxy) is 3. The van der Waals surface area contributed by atoms with E-state index in [0.717, 1.165) is 17.8 Å². The number of carbonyl (C=O) groups excluding carboxylic acids is 2. The van der Waals surface area contributed by atoms with Crippen LogP contribution in [0.25, 0.3) is 0 Å². The zero-order chi connectivity index (χ0) is 28.4. The van der Waals surface area contributed by atoms with E-state index in [1.165, 1.54) is 30.2 Å². The molecular formula is C26H42FN3O5SSi. The first-order chi connectivity index (χ1) is 16.8. The SMILES string of the molecule is COC(=O)[C@@]1(C)SC(N(COCC[Si](C)(C)C)C(=O)OC(C)(C)C)=N[C@](C)(c2cc(N)ccc2F)[C@@H]1C. The number of nitrogens with two attached hydrogens (primary N) is 1. The number of amides is 1. The number of carbonyl (C=O) groups is 2. The highest BCUT2D eigenvalue weighted by Gasteiger charge is 2.56. The second-order valence-corrected chi connectivity index (χ2v) is 19.0. The second kappa shape index (κ2) is 11.3. The van der Waals surface area contributed by atoms with Gasteiger partial charge in [-0.25, -0.2) is 14.1 Å². The molecule has 1 aromatic carbocycles. The van der Waals surface area contributed by atoms with Crippen molar-refractivity contribution in [2.24, 2.45) is 10.9 Å². The van der Waals surface area contributed by atoms with Gasteiger partial charge >= 0.3 is 12.1 Å². The van der Waals surface area contributed by atoms with Gasteiger partial charge in [-0.3, -0.25) is 9.79 Å². The van der Waals surface area contributed by atoms with Gasteiger partial charge in [0.1, 0.15) is 22.9 Å². The molecule has 1 aliphatic rings. The predicted molar refractivity (Wildman–Crippen MR) is 150 cm³/mol. The van der Waals surface area contributed by atoms with Crippen molar-refractivity contribution in [3.8, 4) is 0 Å². The van der Waals surface area contributed by atoms with Gasteiger partial charge in [-0.05, 0) is 58.9 Å². The molecule has 208 valence electrons. The maximum Gasteiger partial charge on any atom is 0.418 e. The summed E-state index contributed by atoms with van der Waals surface area (Å²) < 4.78 is 30.7. The van der Waals surface area contributed by atoms with Crippen molar-refractivity contribution in [2.45, 2.75) is 83.1 Å². The topological polar surface area (TPSA) is 103 Å². The monoisotopic (exact) mass is 555 g/mol. The minimum absolute atomic E-state index is 0.133. The number of nitrogens with zero attached hydrogens (tertiary/aromatic N) is 2. The van der Waals surface area contributed by atoms with Gasteiger partial charge in [0.15, 0.2) is 5.17 Å².